The van der Waals surface area contributed by atoms with E-state index in [1.165, 1.54) is 0 Å². The van der Waals surface area contributed by atoms with E-state index in [9.17, 15) is 9.59 Å². The Morgan fingerprint density at radius 2 is 2.00 bits per heavy atom. The molecule has 2 rings (SSSR count). The van der Waals surface area contributed by atoms with Gasteiger partial charge in [-0.05, 0) is 7.05 Å². The highest BCUT2D eigenvalue weighted by Crippen LogP contribution is 2.02. The van der Waals surface area contributed by atoms with Gasteiger partial charge in [0.05, 0.1) is 0 Å². The van der Waals surface area contributed by atoms with Crippen molar-refractivity contribution in [2.45, 2.75) is 0 Å². The summed E-state index contributed by atoms with van der Waals surface area (Å²) in [6, 6.07) is 0. The van der Waals surface area contributed by atoms with Gasteiger partial charge in [-0.1, -0.05) is 0 Å². The maximum absolute atomic E-state index is 11.8. The second kappa shape index (κ2) is 3.85. The number of carbonyl (C=O) groups excluding carboxylic acids is 1. The Bertz CT molecular complexity index is 401. The van der Waals surface area contributed by atoms with Crippen LogP contribution in [0.4, 0.5) is 0 Å². The third-order valence-electron chi connectivity index (χ3n) is 2.49. The van der Waals surface area contributed by atoms with Crippen molar-refractivity contribution in [2.75, 3.05) is 33.2 Å². The van der Waals surface area contributed by atoms with Crippen LogP contribution < -0.4 is 5.69 Å². The average molecular weight is 211 g/mol. The number of amides is 1. The largest absolute Gasteiger partial charge is 0.341 e. The lowest BCUT2D eigenvalue weighted by Gasteiger charge is -2.31. The molecule has 7 nitrogen and oxygen atoms in total. The van der Waals surface area contributed by atoms with E-state index >= 15 is 0 Å². The molecule has 0 spiro atoms. The van der Waals surface area contributed by atoms with E-state index < -0.39 is 5.69 Å². The molecular weight excluding hydrogens is 198 g/mol. The minimum atomic E-state index is -0.451. The van der Waals surface area contributed by atoms with Crippen molar-refractivity contribution < 1.29 is 4.79 Å². The molecule has 2 heterocycles. The fourth-order valence-electron chi connectivity index (χ4n) is 1.53. The van der Waals surface area contributed by atoms with E-state index in [1.807, 2.05) is 7.05 Å². The zero-order valence-corrected chi connectivity index (χ0v) is 8.49. The Balaban J connectivity index is 2.05. The van der Waals surface area contributed by atoms with Crippen LogP contribution in [0.3, 0.4) is 0 Å². The monoisotopic (exact) mass is 211 g/mol. The Labute approximate surface area is 86.1 Å². The number of nitrogens with one attached hydrogen (secondary N) is 2. The molecule has 0 radical (unpaired) electrons. The number of piperazine rings is 1. The molecule has 1 aromatic rings. The van der Waals surface area contributed by atoms with E-state index in [2.05, 4.69) is 20.1 Å². The molecule has 0 bridgehead atoms. The summed E-state index contributed by atoms with van der Waals surface area (Å²) in [4.78, 5) is 28.7. The van der Waals surface area contributed by atoms with Crippen LogP contribution in [0.2, 0.25) is 0 Å². The number of likely N-dealkylation sites (N-methyl/N-ethyl adjacent to an activating group) is 1. The molecule has 0 saturated carbocycles. The summed E-state index contributed by atoms with van der Waals surface area (Å²) in [5, 5.41) is 5.79. The molecular formula is C8H13N5O2. The highest BCUT2D eigenvalue weighted by atomic mass is 16.2. The first-order chi connectivity index (χ1) is 7.16. The van der Waals surface area contributed by atoms with Gasteiger partial charge < -0.3 is 9.80 Å². The molecule has 1 aliphatic heterocycles. The van der Waals surface area contributed by atoms with Crippen LogP contribution in [-0.2, 0) is 0 Å². The average Bonchev–Trinajstić information content (AvgIpc) is 2.65. The summed E-state index contributed by atoms with van der Waals surface area (Å²) in [6.07, 6.45) is 0. The Morgan fingerprint density at radius 1 is 1.33 bits per heavy atom. The van der Waals surface area contributed by atoms with Crippen LogP contribution in [0.25, 0.3) is 0 Å². The highest BCUT2D eigenvalue weighted by molar-refractivity contribution is 5.90. The summed E-state index contributed by atoms with van der Waals surface area (Å²) >= 11 is 0. The molecule has 1 aliphatic rings. The van der Waals surface area contributed by atoms with Gasteiger partial charge >= 0.3 is 5.69 Å². The molecule has 0 aromatic carbocycles. The van der Waals surface area contributed by atoms with Crippen LogP contribution in [0.15, 0.2) is 4.79 Å². The molecule has 1 amide bonds. The number of aromatic amines is 2. The zero-order chi connectivity index (χ0) is 10.8. The van der Waals surface area contributed by atoms with Gasteiger partial charge in [0, 0.05) is 26.2 Å². The molecule has 15 heavy (non-hydrogen) atoms. The highest BCUT2D eigenvalue weighted by Gasteiger charge is 2.22. The first-order valence-electron chi connectivity index (χ1n) is 4.79. The fraction of sp³-hybridized carbons (Fsp3) is 0.625. The normalized spacial score (nSPS) is 18.1. The summed E-state index contributed by atoms with van der Waals surface area (Å²) in [5.74, 6) is -0.133. The first-order valence-corrected chi connectivity index (χ1v) is 4.79. The van der Waals surface area contributed by atoms with Gasteiger partial charge in [0.2, 0.25) is 5.82 Å². The van der Waals surface area contributed by atoms with E-state index in [0.717, 1.165) is 13.1 Å². The van der Waals surface area contributed by atoms with Crippen LogP contribution in [-0.4, -0.2) is 64.1 Å². The molecule has 1 aromatic heterocycles. The number of aromatic nitrogens is 3. The van der Waals surface area contributed by atoms with Gasteiger partial charge in [-0.25, -0.2) is 9.89 Å². The smallest absolute Gasteiger partial charge is 0.333 e. The molecule has 0 unspecified atom stereocenters. The molecule has 1 fully saturated rings. The third kappa shape index (κ3) is 2.07. The summed E-state index contributed by atoms with van der Waals surface area (Å²) in [7, 11) is 2.01. The predicted molar refractivity (Wildman–Crippen MR) is 52.6 cm³/mol. The van der Waals surface area contributed by atoms with Crippen LogP contribution >= 0.6 is 0 Å². The summed E-state index contributed by atoms with van der Waals surface area (Å²) in [6.45, 7) is 3.04. The number of rotatable bonds is 1. The predicted octanol–water partition coefficient (Wildman–Crippen LogP) is -1.51. The minimum absolute atomic E-state index is 0.0875. The fourth-order valence-corrected chi connectivity index (χ4v) is 1.53. The number of hydrogen-bond acceptors (Lipinski definition) is 4. The van der Waals surface area contributed by atoms with Crippen molar-refractivity contribution in [1.82, 2.24) is 25.0 Å². The minimum Gasteiger partial charge on any atom is -0.333 e. The molecule has 0 aliphatic carbocycles. The molecule has 7 heteroatoms. The zero-order valence-electron chi connectivity index (χ0n) is 8.49. The lowest BCUT2D eigenvalue weighted by Crippen LogP contribution is -2.47. The van der Waals surface area contributed by atoms with Crippen molar-refractivity contribution >= 4 is 5.91 Å². The van der Waals surface area contributed by atoms with Gasteiger partial charge in [0.25, 0.3) is 5.91 Å². The van der Waals surface area contributed by atoms with Crippen molar-refractivity contribution in [3.05, 3.63) is 16.3 Å². The van der Waals surface area contributed by atoms with Crippen molar-refractivity contribution in [3.8, 4) is 0 Å². The Morgan fingerprint density at radius 3 is 2.53 bits per heavy atom. The summed E-state index contributed by atoms with van der Waals surface area (Å²) < 4.78 is 0. The molecule has 1 saturated heterocycles. The van der Waals surface area contributed by atoms with E-state index in [-0.39, 0.29) is 11.7 Å². The van der Waals surface area contributed by atoms with Gasteiger partial charge in [-0.3, -0.25) is 9.78 Å². The van der Waals surface area contributed by atoms with Crippen LogP contribution in [0.5, 0.6) is 0 Å². The maximum Gasteiger partial charge on any atom is 0.341 e. The van der Waals surface area contributed by atoms with Crippen LogP contribution in [0, 0.1) is 0 Å². The Hall–Kier alpha value is -1.63. The van der Waals surface area contributed by atoms with Gasteiger partial charge in [-0.15, -0.1) is 5.10 Å². The first kappa shape index (κ1) is 9.91. The van der Waals surface area contributed by atoms with Crippen molar-refractivity contribution in [3.63, 3.8) is 0 Å². The number of H-pyrrole nitrogens is 2. The van der Waals surface area contributed by atoms with Gasteiger partial charge in [0.15, 0.2) is 0 Å². The van der Waals surface area contributed by atoms with E-state index in [0.29, 0.717) is 13.1 Å². The molecule has 2 N–H and O–H groups in total. The second-order valence-electron chi connectivity index (χ2n) is 3.62. The maximum atomic E-state index is 11.8. The molecule has 0 atom stereocenters. The standard InChI is InChI=1S/C8H13N5O2/c1-12-2-4-13(5-3-12)7(14)6-9-8(15)11-10-6/h2-5H2,1H3,(H2,9,10,11,15). The van der Waals surface area contributed by atoms with Crippen molar-refractivity contribution in [2.24, 2.45) is 0 Å². The third-order valence-corrected chi connectivity index (χ3v) is 2.49. The van der Waals surface area contributed by atoms with Crippen LogP contribution in [0.1, 0.15) is 10.6 Å². The number of nitrogens with zero attached hydrogens (tertiary/aromatic N) is 3. The van der Waals surface area contributed by atoms with Gasteiger partial charge in [0.1, 0.15) is 0 Å². The second-order valence-corrected chi connectivity index (χ2v) is 3.62. The quantitative estimate of drug-likeness (QED) is 0.591. The van der Waals surface area contributed by atoms with E-state index in [1.54, 1.807) is 4.90 Å². The topological polar surface area (TPSA) is 85.1 Å². The summed E-state index contributed by atoms with van der Waals surface area (Å²) in [5.41, 5.74) is -0.451. The molecule has 82 valence electrons. The van der Waals surface area contributed by atoms with E-state index in [4.69, 9.17) is 0 Å². The SMILES string of the molecule is CN1CCN(C(=O)c2n[nH]c(=O)[nH]2)CC1. The lowest BCUT2D eigenvalue weighted by molar-refractivity contribution is 0.0652. The lowest BCUT2D eigenvalue weighted by atomic mass is 10.3. The number of carbonyl (C=O) groups is 1. The van der Waals surface area contributed by atoms with Crippen molar-refractivity contribution in [1.29, 1.82) is 0 Å². The Kier molecular flexibility index (Phi) is 2.55. The van der Waals surface area contributed by atoms with Gasteiger partial charge in [-0.2, -0.15) is 0 Å². The number of hydrogen-bond donors (Lipinski definition) is 2.